The minimum absolute atomic E-state index is 0.0231. The van der Waals surface area contributed by atoms with Crippen molar-refractivity contribution in [1.29, 1.82) is 0 Å². The fourth-order valence-corrected chi connectivity index (χ4v) is 1.38. The summed E-state index contributed by atoms with van der Waals surface area (Å²) in [5, 5.41) is 11.6. The summed E-state index contributed by atoms with van der Waals surface area (Å²) >= 11 is 5.55. The fraction of sp³-hybridized carbons (Fsp3) is 0.455. The number of hydrogen-bond acceptors (Lipinski definition) is 4. The zero-order valence-electron chi connectivity index (χ0n) is 10.3. The van der Waals surface area contributed by atoms with Gasteiger partial charge in [0.15, 0.2) is 0 Å². The van der Waals surface area contributed by atoms with E-state index in [9.17, 15) is 9.59 Å². The average Bonchev–Trinajstić information content (AvgIpc) is 2.24. The third kappa shape index (κ3) is 3.66. The molecule has 0 unspecified atom stereocenters. The third-order valence-corrected chi connectivity index (χ3v) is 2.44. The fourth-order valence-electron chi connectivity index (χ4n) is 1.28. The van der Waals surface area contributed by atoms with Crippen molar-refractivity contribution in [3.63, 3.8) is 0 Å². The third-order valence-electron chi connectivity index (χ3n) is 2.24. The molecule has 1 heterocycles. The van der Waals surface area contributed by atoms with Gasteiger partial charge in [0, 0.05) is 0 Å². The number of hydrogen-bond donors (Lipinski definition) is 2. The Bertz CT molecular complexity index is 454. The zero-order chi connectivity index (χ0) is 13.9. The van der Waals surface area contributed by atoms with Crippen molar-refractivity contribution in [2.24, 2.45) is 5.41 Å². The Labute approximate surface area is 109 Å². The SMILES string of the molecule is CC(C)(C)[C@@H](NC(=O)c1cnc(Cl)cn1)C(=O)O. The van der Waals surface area contributed by atoms with Crippen LogP contribution < -0.4 is 5.32 Å². The Morgan fingerprint density at radius 3 is 2.33 bits per heavy atom. The molecule has 1 aromatic heterocycles. The van der Waals surface area contributed by atoms with Crippen LogP contribution in [0.2, 0.25) is 5.15 Å². The van der Waals surface area contributed by atoms with Crippen molar-refractivity contribution in [2.75, 3.05) is 0 Å². The van der Waals surface area contributed by atoms with Gasteiger partial charge in [-0.05, 0) is 5.41 Å². The minimum Gasteiger partial charge on any atom is -0.480 e. The molecule has 0 aliphatic carbocycles. The maximum absolute atomic E-state index is 11.8. The van der Waals surface area contributed by atoms with E-state index in [1.807, 2.05) is 0 Å². The lowest BCUT2D eigenvalue weighted by Crippen LogP contribution is -2.49. The first-order valence-electron chi connectivity index (χ1n) is 5.23. The molecule has 98 valence electrons. The molecule has 1 amide bonds. The number of carbonyl (C=O) groups excluding carboxylic acids is 1. The number of halogens is 1. The first kappa shape index (κ1) is 14.4. The van der Waals surface area contributed by atoms with E-state index in [0.717, 1.165) is 0 Å². The van der Waals surface area contributed by atoms with Gasteiger partial charge in [0.2, 0.25) is 0 Å². The second kappa shape index (κ2) is 5.30. The number of carboxylic acid groups (broad SMARTS) is 1. The summed E-state index contributed by atoms with van der Waals surface area (Å²) in [6.45, 7) is 5.17. The highest BCUT2D eigenvalue weighted by molar-refractivity contribution is 6.29. The molecule has 0 aliphatic heterocycles. The number of nitrogens with one attached hydrogen (secondary N) is 1. The monoisotopic (exact) mass is 271 g/mol. The van der Waals surface area contributed by atoms with Gasteiger partial charge in [-0.3, -0.25) is 4.79 Å². The van der Waals surface area contributed by atoms with Crippen LogP contribution in [0.1, 0.15) is 31.3 Å². The summed E-state index contributed by atoms with van der Waals surface area (Å²) in [4.78, 5) is 30.4. The van der Waals surface area contributed by atoms with Crippen LogP contribution in [0.5, 0.6) is 0 Å². The lowest BCUT2D eigenvalue weighted by atomic mass is 9.86. The van der Waals surface area contributed by atoms with Gasteiger partial charge in [-0.1, -0.05) is 32.4 Å². The topological polar surface area (TPSA) is 92.2 Å². The summed E-state index contributed by atoms with van der Waals surface area (Å²) in [5.41, 5.74) is -0.587. The van der Waals surface area contributed by atoms with E-state index in [1.165, 1.54) is 12.4 Å². The summed E-state index contributed by atoms with van der Waals surface area (Å²) < 4.78 is 0. The van der Waals surface area contributed by atoms with Crippen LogP contribution in [0.15, 0.2) is 12.4 Å². The molecule has 0 fully saturated rings. The van der Waals surface area contributed by atoms with Crippen LogP contribution in [0.4, 0.5) is 0 Å². The highest BCUT2D eigenvalue weighted by atomic mass is 35.5. The van der Waals surface area contributed by atoms with E-state index >= 15 is 0 Å². The molecule has 2 N–H and O–H groups in total. The highest BCUT2D eigenvalue weighted by Gasteiger charge is 2.33. The average molecular weight is 272 g/mol. The molecule has 0 spiro atoms. The van der Waals surface area contributed by atoms with Crippen molar-refractivity contribution in [3.8, 4) is 0 Å². The first-order chi connectivity index (χ1) is 8.21. The quantitative estimate of drug-likeness (QED) is 0.866. The van der Waals surface area contributed by atoms with Gasteiger partial charge in [-0.2, -0.15) is 0 Å². The second-order valence-electron chi connectivity index (χ2n) is 4.84. The van der Waals surface area contributed by atoms with Crippen molar-refractivity contribution in [1.82, 2.24) is 15.3 Å². The molecule has 18 heavy (non-hydrogen) atoms. The van der Waals surface area contributed by atoms with Crippen LogP contribution in [-0.2, 0) is 4.79 Å². The van der Waals surface area contributed by atoms with Crippen molar-refractivity contribution in [3.05, 3.63) is 23.2 Å². The lowest BCUT2D eigenvalue weighted by molar-refractivity contribution is -0.142. The maximum Gasteiger partial charge on any atom is 0.326 e. The Hall–Kier alpha value is -1.69. The number of carboxylic acids is 1. The van der Waals surface area contributed by atoms with Crippen molar-refractivity contribution >= 4 is 23.5 Å². The van der Waals surface area contributed by atoms with E-state index in [2.05, 4.69) is 15.3 Å². The Balaban J connectivity index is 2.86. The van der Waals surface area contributed by atoms with Gasteiger partial charge in [0.25, 0.3) is 5.91 Å². The molecule has 0 saturated carbocycles. The minimum atomic E-state index is -1.10. The van der Waals surface area contributed by atoms with Gasteiger partial charge in [-0.25, -0.2) is 14.8 Å². The van der Waals surface area contributed by atoms with Crippen LogP contribution in [0.3, 0.4) is 0 Å². The normalized spacial score (nSPS) is 12.9. The van der Waals surface area contributed by atoms with E-state index in [-0.39, 0.29) is 10.8 Å². The number of aromatic nitrogens is 2. The molecule has 1 aromatic rings. The van der Waals surface area contributed by atoms with Crippen LogP contribution in [-0.4, -0.2) is 33.0 Å². The molecule has 7 heteroatoms. The van der Waals surface area contributed by atoms with E-state index < -0.39 is 23.3 Å². The molecule has 0 saturated heterocycles. The second-order valence-corrected chi connectivity index (χ2v) is 5.22. The predicted molar refractivity (Wildman–Crippen MR) is 65.4 cm³/mol. The number of aliphatic carboxylic acids is 1. The highest BCUT2D eigenvalue weighted by Crippen LogP contribution is 2.19. The summed E-state index contributed by atoms with van der Waals surface area (Å²) in [6.07, 6.45) is 2.42. The number of nitrogens with zero attached hydrogens (tertiary/aromatic N) is 2. The maximum atomic E-state index is 11.8. The van der Waals surface area contributed by atoms with Crippen LogP contribution in [0.25, 0.3) is 0 Å². The van der Waals surface area contributed by atoms with E-state index in [0.29, 0.717) is 0 Å². The molecule has 1 atom stereocenters. The smallest absolute Gasteiger partial charge is 0.326 e. The predicted octanol–water partition coefficient (Wildman–Crippen LogP) is 1.36. The van der Waals surface area contributed by atoms with Crippen LogP contribution in [0, 0.1) is 5.41 Å². The van der Waals surface area contributed by atoms with Gasteiger partial charge >= 0.3 is 5.97 Å². The number of carbonyl (C=O) groups is 2. The molecule has 1 rings (SSSR count). The van der Waals surface area contributed by atoms with Crippen molar-refractivity contribution < 1.29 is 14.7 Å². The molecular weight excluding hydrogens is 258 g/mol. The Morgan fingerprint density at radius 2 is 1.94 bits per heavy atom. The largest absolute Gasteiger partial charge is 0.480 e. The van der Waals surface area contributed by atoms with Gasteiger partial charge < -0.3 is 10.4 Å². The molecule has 0 aromatic carbocycles. The zero-order valence-corrected chi connectivity index (χ0v) is 11.0. The Morgan fingerprint density at radius 1 is 1.33 bits per heavy atom. The summed E-state index contributed by atoms with van der Waals surface area (Å²) in [5.74, 6) is -1.70. The Kier molecular flexibility index (Phi) is 4.24. The van der Waals surface area contributed by atoms with E-state index in [1.54, 1.807) is 20.8 Å². The molecular formula is C11H14ClN3O3. The molecule has 0 bridgehead atoms. The van der Waals surface area contributed by atoms with Gasteiger partial charge in [0.05, 0.1) is 12.4 Å². The van der Waals surface area contributed by atoms with E-state index in [4.69, 9.17) is 16.7 Å². The summed E-state index contributed by atoms with van der Waals surface area (Å²) in [6, 6.07) is -1.01. The molecule has 0 aliphatic rings. The standard InChI is InChI=1S/C11H14ClN3O3/c1-11(2,3)8(10(17)18)15-9(16)6-4-14-7(12)5-13-6/h4-5,8H,1-3H3,(H,15,16)(H,17,18)/t8-/m0/s1. The molecule has 6 nitrogen and oxygen atoms in total. The van der Waals surface area contributed by atoms with Gasteiger partial charge in [-0.15, -0.1) is 0 Å². The number of rotatable bonds is 3. The first-order valence-corrected chi connectivity index (χ1v) is 5.61. The van der Waals surface area contributed by atoms with Crippen molar-refractivity contribution in [2.45, 2.75) is 26.8 Å². The number of amides is 1. The summed E-state index contributed by atoms with van der Waals surface area (Å²) in [7, 11) is 0. The molecule has 0 radical (unpaired) electrons. The lowest BCUT2D eigenvalue weighted by Gasteiger charge is -2.27. The van der Waals surface area contributed by atoms with Gasteiger partial charge in [0.1, 0.15) is 16.9 Å². The van der Waals surface area contributed by atoms with Crippen LogP contribution >= 0.6 is 11.6 Å².